The normalized spacial score (nSPS) is 24.8. The maximum absolute atomic E-state index is 11.9. The van der Waals surface area contributed by atoms with Crippen LogP contribution < -0.4 is 5.32 Å². The lowest BCUT2D eigenvalue weighted by molar-refractivity contribution is 0.151. The van der Waals surface area contributed by atoms with Gasteiger partial charge in [-0.25, -0.2) is 4.79 Å². The van der Waals surface area contributed by atoms with Crippen molar-refractivity contribution >= 4 is 6.03 Å². The minimum absolute atomic E-state index is 0.150. The van der Waals surface area contributed by atoms with Crippen LogP contribution in [0.2, 0.25) is 0 Å². The molecule has 5 nitrogen and oxygen atoms in total. The Morgan fingerprint density at radius 2 is 1.86 bits per heavy atom. The molecule has 2 rings (SSSR count). The van der Waals surface area contributed by atoms with Crippen LogP contribution in [0, 0.1) is 5.92 Å². The molecule has 0 bridgehead atoms. The number of hydrogen-bond donors (Lipinski definition) is 1. The summed E-state index contributed by atoms with van der Waals surface area (Å²) in [4.78, 5) is 18.1. The van der Waals surface area contributed by atoms with Crippen molar-refractivity contribution in [2.24, 2.45) is 5.92 Å². The molecule has 122 valence electrons. The Morgan fingerprint density at radius 1 is 1.19 bits per heavy atom. The molecule has 1 unspecified atom stereocenters. The zero-order valence-corrected chi connectivity index (χ0v) is 14.1. The number of urea groups is 1. The van der Waals surface area contributed by atoms with Crippen LogP contribution in [-0.2, 0) is 0 Å². The third-order valence-electron chi connectivity index (χ3n) is 4.89. The number of nitrogens with one attached hydrogen (secondary N) is 1. The molecule has 0 aromatic rings. The van der Waals surface area contributed by atoms with E-state index in [1.807, 2.05) is 19.0 Å². The van der Waals surface area contributed by atoms with Gasteiger partial charge in [0.15, 0.2) is 0 Å². The Labute approximate surface area is 129 Å². The molecule has 2 aliphatic heterocycles. The summed E-state index contributed by atoms with van der Waals surface area (Å²) in [6.45, 7) is 9.97. The van der Waals surface area contributed by atoms with Crippen molar-refractivity contribution in [2.45, 2.75) is 45.2 Å². The van der Waals surface area contributed by atoms with Crippen LogP contribution in [0.15, 0.2) is 0 Å². The smallest absolute Gasteiger partial charge is 0.319 e. The molecule has 2 amide bonds. The van der Waals surface area contributed by atoms with Crippen LogP contribution in [0.5, 0.6) is 0 Å². The van der Waals surface area contributed by atoms with E-state index in [1.165, 1.54) is 19.5 Å². The number of likely N-dealkylation sites (tertiary alicyclic amines) is 2. The Bertz CT molecular complexity index is 337. The number of carbonyl (C=O) groups excluding carboxylic acids is 1. The van der Waals surface area contributed by atoms with E-state index in [0.717, 1.165) is 38.4 Å². The highest BCUT2D eigenvalue weighted by molar-refractivity contribution is 5.73. The second kappa shape index (κ2) is 7.45. The topological polar surface area (TPSA) is 38.8 Å². The molecule has 2 aliphatic rings. The fourth-order valence-corrected chi connectivity index (χ4v) is 3.39. The quantitative estimate of drug-likeness (QED) is 0.853. The third-order valence-corrected chi connectivity index (χ3v) is 4.89. The third kappa shape index (κ3) is 4.58. The molecule has 0 aromatic heterocycles. The maximum Gasteiger partial charge on any atom is 0.319 e. The van der Waals surface area contributed by atoms with E-state index < -0.39 is 0 Å². The van der Waals surface area contributed by atoms with Gasteiger partial charge in [0, 0.05) is 45.8 Å². The molecular formula is C16H32N4O. The van der Waals surface area contributed by atoms with Crippen molar-refractivity contribution < 1.29 is 4.79 Å². The molecule has 1 atom stereocenters. The fourth-order valence-electron chi connectivity index (χ4n) is 3.39. The second-order valence-electron chi connectivity index (χ2n) is 7.09. The summed E-state index contributed by atoms with van der Waals surface area (Å²) < 4.78 is 0. The van der Waals surface area contributed by atoms with Gasteiger partial charge in [-0.3, -0.25) is 0 Å². The first-order valence-electron chi connectivity index (χ1n) is 8.41. The minimum atomic E-state index is 0.150. The first-order valence-corrected chi connectivity index (χ1v) is 8.41. The maximum atomic E-state index is 11.9. The van der Waals surface area contributed by atoms with Crippen molar-refractivity contribution in [3.05, 3.63) is 0 Å². The molecule has 2 heterocycles. The monoisotopic (exact) mass is 296 g/mol. The number of amides is 2. The first-order chi connectivity index (χ1) is 9.97. The van der Waals surface area contributed by atoms with Crippen LogP contribution in [0.1, 0.15) is 33.1 Å². The van der Waals surface area contributed by atoms with E-state index in [2.05, 4.69) is 24.1 Å². The predicted molar refractivity (Wildman–Crippen MR) is 86.5 cm³/mol. The summed E-state index contributed by atoms with van der Waals surface area (Å²) in [5.74, 6) is 0.800. The van der Waals surface area contributed by atoms with Gasteiger partial charge in [-0.15, -0.1) is 0 Å². The molecule has 5 heteroatoms. The van der Waals surface area contributed by atoms with Gasteiger partial charge in [0.25, 0.3) is 0 Å². The van der Waals surface area contributed by atoms with Gasteiger partial charge in [-0.1, -0.05) is 0 Å². The largest absolute Gasteiger partial charge is 0.331 e. The van der Waals surface area contributed by atoms with Crippen LogP contribution in [-0.4, -0.2) is 79.6 Å². The number of nitrogens with zero attached hydrogens (tertiary/aromatic N) is 3. The molecule has 2 saturated heterocycles. The molecule has 2 fully saturated rings. The molecule has 21 heavy (non-hydrogen) atoms. The summed E-state index contributed by atoms with van der Waals surface area (Å²) >= 11 is 0. The summed E-state index contributed by atoms with van der Waals surface area (Å²) in [5, 5.41) is 3.73. The highest BCUT2D eigenvalue weighted by Gasteiger charge is 2.27. The molecular weight excluding hydrogens is 264 g/mol. The Hall–Kier alpha value is -0.810. The van der Waals surface area contributed by atoms with Gasteiger partial charge >= 0.3 is 6.03 Å². The van der Waals surface area contributed by atoms with E-state index in [-0.39, 0.29) is 6.03 Å². The van der Waals surface area contributed by atoms with Crippen molar-refractivity contribution in [2.75, 3.05) is 46.8 Å². The SMILES string of the molecule is CC(C)N1CCC(CNC2CCN(C(=O)N(C)C)CC2)C1. The van der Waals surface area contributed by atoms with Gasteiger partial charge < -0.3 is 20.0 Å². The fraction of sp³-hybridized carbons (Fsp3) is 0.938. The lowest BCUT2D eigenvalue weighted by atomic mass is 10.0. The predicted octanol–water partition coefficient (Wildman–Crippen LogP) is 1.45. The van der Waals surface area contributed by atoms with Crippen LogP contribution >= 0.6 is 0 Å². The molecule has 0 saturated carbocycles. The van der Waals surface area contributed by atoms with Crippen LogP contribution in [0.3, 0.4) is 0 Å². The van der Waals surface area contributed by atoms with Gasteiger partial charge in [0.1, 0.15) is 0 Å². The Morgan fingerprint density at radius 3 is 2.38 bits per heavy atom. The van der Waals surface area contributed by atoms with E-state index in [0.29, 0.717) is 12.1 Å². The molecule has 0 aliphatic carbocycles. The summed E-state index contributed by atoms with van der Waals surface area (Å²) in [6.07, 6.45) is 3.49. The molecule has 0 spiro atoms. The van der Waals surface area contributed by atoms with E-state index in [4.69, 9.17) is 0 Å². The number of piperidine rings is 1. The van der Waals surface area contributed by atoms with Crippen molar-refractivity contribution in [1.29, 1.82) is 0 Å². The van der Waals surface area contributed by atoms with Gasteiger partial charge in [-0.2, -0.15) is 0 Å². The van der Waals surface area contributed by atoms with Gasteiger partial charge in [-0.05, 0) is 52.1 Å². The minimum Gasteiger partial charge on any atom is -0.331 e. The van der Waals surface area contributed by atoms with Gasteiger partial charge in [0.2, 0.25) is 0 Å². The molecule has 1 N–H and O–H groups in total. The van der Waals surface area contributed by atoms with Crippen molar-refractivity contribution in [1.82, 2.24) is 20.0 Å². The van der Waals surface area contributed by atoms with Gasteiger partial charge in [0.05, 0.1) is 0 Å². The van der Waals surface area contributed by atoms with Crippen LogP contribution in [0.25, 0.3) is 0 Å². The second-order valence-corrected chi connectivity index (χ2v) is 7.09. The lowest BCUT2D eigenvalue weighted by Gasteiger charge is -2.34. The average Bonchev–Trinajstić information content (AvgIpc) is 2.94. The average molecular weight is 296 g/mol. The summed E-state index contributed by atoms with van der Waals surface area (Å²) in [6, 6.07) is 1.41. The summed E-state index contributed by atoms with van der Waals surface area (Å²) in [7, 11) is 3.65. The van der Waals surface area contributed by atoms with E-state index in [9.17, 15) is 4.79 Å². The van der Waals surface area contributed by atoms with Crippen LogP contribution in [0.4, 0.5) is 4.79 Å². The van der Waals surface area contributed by atoms with E-state index >= 15 is 0 Å². The van der Waals surface area contributed by atoms with Crippen molar-refractivity contribution in [3.63, 3.8) is 0 Å². The van der Waals surface area contributed by atoms with Crippen molar-refractivity contribution in [3.8, 4) is 0 Å². The number of hydrogen-bond acceptors (Lipinski definition) is 3. The number of carbonyl (C=O) groups is 1. The highest BCUT2D eigenvalue weighted by Crippen LogP contribution is 2.19. The molecule has 0 aromatic carbocycles. The standard InChI is InChI=1S/C16H32N4O/c1-13(2)20-8-5-14(12-20)11-17-15-6-9-19(10-7-15)16(21)18(3)4/h13-15,17H,5-12H2,1-4H3. The zero-order chi connectivity index (χ0) is 15.4. The summed E-state index contributed by atoms with van der Waals surface area (Å²) in [5.41, 5.74) is 0. The Kier molecular flexibility index (Phi) is 5.88. The first kappa shape index (κ1) is 16.6. The molecule has 0 radical (unpaired) electrons. The Balaban J connectivity index is 1.65. The zero-order valence-electron chi connectivity index (χ0n) is 14.1. The van der Waals surface area contributed by atoms with E-state index in [1.54, 1.807) is 4.90 Å². The highest BCUT2D eigenvalue weighted by atomic mass is 16.2. The lowest BCUT2D eigenvalue weighted by Crippen LogP contribution is -2.48. The number of rotatable bonds is 4.